The maximum Gasteiger partial charge on any atom is 0.348 e. The first-order chi connectivity index (χ1) is 12.5. The van der Waals surface area contributed by atoms with Crippen LogP contribution in [0.25, 0.3) is 0 Å². The molecule has 2 amide bonds. The Morgan fingerprint density at radius 2 is 1.89 bits per heavy atom. The summed E-state index contributed by atoms with van der Waals surface area (Å²) in [5, 5.41) is 13.8. The summed E-state index contributed by atoms with van der Waals surface area (Å²) in [4.78, 5) is 34.5. The Hall–Kier alpha value is -1.61. The van der Waals surface area contributed by atoms with E-state index in [1.165, 1.54) is 19.2 Å². The van der Waals surface area contributed by atoms with Gasteiger partial charge < -0.3 is 4.74 Å². The molecule has 0 fully saturated rings. The fraction of sp³-hybridized carbons (Fsp3) is 0.375. The van der Waals surface area contributed by atoms with Crippen molar-refractivity contribution in [2.45, 2.75) is 31.7 Å². The van der Waals surface area contributed by atoms with Crippen molar-refractivity contribution < 1.29 is 19.2 Å². The highest BCUT2D eigenvalue weighted by Gasteiger charge is 2.40. The van der Waals surface area contributed by atoms with Gasteiger partial charge in [0, 0.05) is 40.3 Å². The molecule has 1 N–H and O–H groups in total. The van der Waals surface area contributed by atoms with Crippen LogP contribution in [0.5, 0.6) is 5.75 Å². The van der Waals surface area contributed by atoms with Gasteiger partial charge in [-0.1, -0.05) is 13.8 Å². The molecule has 0 aromatic heterocycles. The number of nitrogens with one attached hydrogen (secondary N) is 1. The number of nitro groups is 1. The second kappa shape index (κ2) is 8.18. The zero-order valence-corrected chi connectivity index (χ0v) is 18.0. The molecule has 1 aliphatic heterocycles. The van der Waals surface area contributed by atoms with Crippen LogP contribution in [0.2, 0.25) is 0 Å². The van der Waals surface area contributed by atoms with Gasteiger partial charge >= 0.3 is 6.00 Å². The van der Waals surface area contributed by atoms with Crippen LogP contribution < -0.4 is 10.1 Å². The molecule has 146 valence electrons. The maximum absolute atomic E-state index is 11.9. The van der Waals surface area contributed by atoms with Crippen LogP contribution in [0, 0.1) is 10.1 Å². The Bertz CT molecular complexity index is 838. The third-order valence-corrected chi connectivity index (χ3v) is 8.35. The zero-order chi connectivity index (χ0) is 20.5. The van der Waals surface area contributed by atoms with Gasteiger partial charge in [0.25, 0.3) is 17.5 Å². The van der Waals surface area contributed by atoms with Crippen LogP contribution in [-0.4, -0.2) is 29.9 Å². The summed E-state index contributed by atoms with van der Waals surface area (Å²) in [6.45, 7) is 3.42. The first-order valence-electron chi connectivity index (χ1n) is 8.01. The number of nitrogens with zero attached hydrogens (tertiary/aromatic N) is 1. The highest BCUT2D eigenvalue weighted by atomic mass is 35.8. The van der Waals surface area contributed by atoms with Gasteiger partial charge in [-0.3, -0.25) is 25.0 Å². The predicted molar refractivity (Wildman–Crippen MR) is 106 cm³/mol. The number of hydrogen-bond donors (Lipinski definition) is 1. The molecule has 0 saturated carbocycles. The smallest absolute Gasteiger partial charge is 0.348 e. The molecule has 0 aliphatic carbocycles. The first kappa shape index (κ1) is 21.7. The lowest BCUT2D eigenvalue weighted by Gasteiger charge is -2.24. The summed E-state index contributed by atoms with van der Waals surface area (Å²) in [6, 6.07) is -0.418. The molecule has 2 unspecified atom stereocenters. The van der Waals surface area contributed by atoms with E-state index in [1.54, 1.807) is 6.92 Å². The Morgan fingerprint density at radius 3 is 2.30 bits per heavy atom. The molecule has 7 nitrogen and oxygen atoms in total. The number of ether oxygens (including phenoxy) is 1. The van der Waals surface area contributed by atoms with Crippen LogP contribution in [0.4, 0.5) is 5.69 Å². The Morgan fingerprint density at radius 1 is 1.26 bits per heavy atom. The van der Waals surface area contributed by atoms with Crippen molar-refractivity contribution in [1.29, 1.82) is 0 Å². The van der Waals surface area contributed by atoms with E-state index < -0.39 is 34.2 Å². The number of nitro benzene ring substituents is 1. The second-order valence-corrected chi connectivity index (χ2v) is 14.9. The molecule has 1 aliphatic rings. The minimum atomic E-state index is -3.23. The summed E-state index contributed by atoms with van der Waals surface area (Å²) in [7, 11) is 1.41. The minimum Gasteiger partial charge on any atom is -0.496 e. The maximum atomic E-state index is 11.9. The molecule has 1 aromatic rings. The number of carbonyl (C=O) groups excluding carboxylic acids is 2. The van der Waals surface area contributed by atoms with Crippen molar-refractivity contribution >= 4 is 56.7 Å². The zero-order valence-electron chi connectivity index (χ0n) is 14.7. The molecule has 2 atom stereocenters. The monoisotopic (exact) mass is 450 g/mol. The van der Waals surface area contributed by atoms with Gasteiger partial charge in [-0.05, 0) is 12.5 Å². The number of halogens is 3. The lowest BCUT2D eigenvalue weighted by Crippen LogP contribution is -2.24. The number of imide groups is 1. The number of amides is 2. The summed E-state index contributed by atoms with van der Waals surface area (Å²) >= 11 is 18.5. The molecule has 2 rings (SSSR count). The molecular weight excluding hydrogens is 435 g/mol. The molecule has 0 saturated heterocycles. The Balaban J connectivity index is 2.66. The van der Waals surface area contributed by atoms with Crippen LogP contribution >= 0.6 is 33.2 Å². The van der Waals surface area contributed by atoms with E-state index in [0.29, 0.717) is 17.7 Å². The average molecular weight is 452 g/mol. The van der Waals surface area contributed by atoms with Crippen molar-refractivity contribution in [1.82, 2.24) is 5.32 Å². The normalized spacial score (nSPS) is 16.6. The van der Waals surface area contributed by atoms with E-state index in [0.717, 1.165) is 6.08 Å². The van der Waals surface area contributed by atoms with E-state index in [4.69, 9.17) is 38.0 Å². The van der Waals surface area contributed by atoms with Gasteiger partial charge in [-0.25, -0.2) is 0 Å². The fourth-order valence-electron chi connectivity index (χ4n) is 3.10. The molecule has 1 aromatic carbocycles. The number of methoxy groups -OCH3 is 1. The van der Waals surface area contributed by atoms with Gasteiger partial charge in [-0.2, -0.15) is 0 Å². The van der Waals surface area contributed by atoms with E-state index in [1.807, 2.05) is 6.92 Å². The Kier molecular flexibility index (Phi) is 6.57. The molecule has 1 heterocycles. The minimum absolute atomic E-state index is 0.140. The highest BCUT2D eigenvalue weighted by Crippen LogP contribution is 2.46. The number of rotatable bonds is 7. The third-order valence-electron chi connectivity index (χ3n) is 4.47. The van der Waals surface area contributed by atoms with Crippen molar-refractivity contribution in [3.8, 4) is 5.75 Å². The topological polar surface area (TPSA) is 98.5 Å². The SMILES string of the molecule is CCC(c1cc([N+](=O)[O-])c(C(C)C2=CC(=O)NC2=O)cc1OC)[Si](Cl)(Cl)Cl. The van der Waals surface area contributed by atoms with Crippen LogP contribution in [0.15, 0.2) is 23.8 Å². The lowest BCUT2D eigenvalue weighted by molar-refractivity contribution is -0.385. The summed E-state index contributed by atoms with van der Waals surface area (Å²) in [5.74, 6) is -1.50. The Labute approximate surface area is 170 Å². The molecule has 27 heavy (non-hydrogen) atoms. The third kappa shape index (κ3) is 4.45. The summed E-state index contributed by atoms with van der Waals surface area (Å²) in [5.41, 5.74) is 0.0811. The molecule has 11 heteroatoms. The van der Waals surface area contributed by atoms with Crippen molar-refractivity contribution in [3.05, 3.63) is 45.0 Å². The number of benzene rings is 1. The van der Waals surface area contributed by atoms with Crippen LogP contribution in [0.3, 0.4) is 0 Å². The van der Waals surface area contributed by atoms with Gasteiger partial charge in [0.15, 0.2) is 0 Å². The molecule has 0 bridgehead atoms. The van der Waals surface area contributed by atoms with Gasteiger partial charge in [0.05, 0.1) is 12.0 Å². The molecular formula is C16H17Cl3N2O5Si. The number of hydrogen-bond acceptors (Lipinski definition) is 5. The summed E-state index contributed by atoms with van der Waals surface area (Å²) in [6.07, 6.45) is 1.60. The average Bonchev–Trinajstić information content (AvgIpc) is 2.91. The fourth-order valence-corrected chi connectivity index (χ4v) is 6.59. The lowest BCUT2D eigenvalue weighted by atomic mass is 9.89. The molecule has 0 spiro atoms. The number of carbonyl (C=O) groups is 2. The highest BCUT2D eigenvalue weighted by molar-refractivity contribution is 7.65. The van der Waals surface area contributed by atoms with E-state index in [-0.39, 0.29) is 16.8 Å². The van der Waals surface area contributed by atoms with Crippen molar-refractivity contribution in [3.63, 3.8) is 0 Å². The van der Waals surface area contributed by atoms with Crippen LogP contribution in [-0.2, 0) is 9.59 Å². The predicted octanol–water partition coefficient (Wildman–Crippen LogP) is 3.98. The van der Waals surface area contributed by atoms with Crippen molar-refractivity contribution in [2.75, 3.05) is 7.11 Å². The summed E-state index contributed by atoms with van der Waals surface area (Å²) < 4.78 is 5.40. The first-order valence-corrected chi connectivity index (χ1v) is 13.1. The van der Waals surface area contributed by atoms with Crippen LogP contribution in [0.1, 0.15) is 42.9 Å². The largest absolute Gasteiger partial charge is 0.496 e. The van der Waals surface area contributed by atoms with E-state index in [9.17, 15) is 19.7 Å². The quantitative estimate of drug-likeness (QED) is 0.222. The van der Waals surface area contributed by atoms with Gasteiger partial charge in [-0.15, -0.1) is 33.2 Å². The molecule has 0 radical (unpaired) electrons. The van der Waals surface area contributed by atoms with Gasteiger partial charge in [0.1, 0.15) is 5.75 Å². The second-order valence-electron chi connectivity index (χ2n) is 6.05. The van der Waals surface area contributed by atoms with Crippen molar-refractivity contribution in [2.24, 2.45) is 0 Å². The van der Waals surface area contributed by atoms with Gasteiger partial charge in [0.2, 0.25) is 0 Å². The standard InChI is InChI=1S/C16H17Cl3N2O5Si/c1-4-14(27(17,18)19)11-5-12(21(24)25)9(6-13(11)26-3)8(2)10-7-15(22)20-16(10)23/h5-8,14H,4H2,1-3H3,(H,20,22,23). The van der Waals surface area contributed by atoms with E-state index >= 15 is 0 Å². The van der Waals surface area contributed by atoms with E-state index in [2.05, 4.69) is 5.32 Å².